The number of para-hydroxylation sites is 2. The Bertz CT molecular complexity index is 793. The number of fused-ring (bicyclic) bond motifs is 1. The van der Waals surface area contributed by atoms with Gasteiger partial charge in [0.2, 0.25) is 6.10 Å². The Balaban J connectivity index is 1.32. The van der Waals surface area contributed by atoms with E-state index >= 15 is 0 Å². The molecule has 2 aromatic rings. The third-order valence-corrected chi connectivity index (χ3v) is 5.24. The van der Waals surface area contributed by atoms with Gasteiger partial charge in [0.1, 0.15) is 6.61 Å². The second-order valence-corrected chi connectivity index (χ2v) is 7.24. The van der Waals surface area contributed by atoms with E-state index in [0.717, 1.165) is 38.2 Å². The van der Waals surface area contributed by atoms with Crippen molar-refractivity contribution >= 4 is 5.91 Å². The van der Waals surface area contributed by atoms with Crippen molar-refractivity contribution in [3.63, 3.8) is 0 Å². The number of likely N-dealkylation sites (tertiary alicyclic amines) is 1. The van der Waals surface area contributed by atoms with E-state index in [0.29, 0.717) is 17.4 Å². The van der Waals surface area contributed by atoms with Gasteiger partial charge in [-0.15, -0.1) is 0 Å². The van der Waals surface area contributed by atoms with Crippen molar-refractivity contribution in [3.05, 3.63) is 41.7 Å². The molecule has 0 spiro atoms. The monoisotopic (exact) mass is 355 g/mol. The number of amides is 1. The lowest BCUT2D eigenvalue weighted by Crippen LogP contribution is -2.49. The number of aryl methyl sites for hydroxylation is 2. The Kier molecular flexibility index (Phi) is 4.57. The number of carbonyl (C=O) groups is 1. The summed E-state index contributed by atoms with van der Waals surface area (Å²) in [5.41, 5.74) is 2.26. The molecule has 1 fully saturated rings. The van der Waals surface area contributed by atoms with E-state index in [9.17, 15) is 4.79 Å². The first-order valence-electron chi connectivity index (χ1n) is 9.28. The van der Waals surface area contributed by atoms with Crippen LogP contribution in [0.1, 0.15) is 24.2 Å². The van der Waals surface area contributed by atoms with Crippen LogP contribution in [0.3, 0.4) is 0 Å². The van der Waals surface area contributed by atoms with Crippen molar-refractivity contribution in [1.29, 1.82) is 0 Å². The molecule has 1 saturated heterocycles. The number of hydrogen-bond donors (Lipinski definition) is 0. The minimum atomic E-state index is -0.544. The Morgan fingerprint density at radius 1 is 1.19 bits per heavy atom. The molecule has 1 aromatic heterocycles. The van der Waals surface area contributed by atoms with E-state index in [1.807, 2.05) is 36.1 Å². The molecular formula is C20H25N3O3. The number of aromatic nitrogens is 2. The predicted molar refractivity (Wildman–Crippen MR) is 97.4 cm³/mol. The Labute approximate surface area is 153 Å². The largest absolute Gasteiger partial charge is 0.485 e. The van der Waals surface area contributed by atoms with Crippen LogP contribution in [-0.4, -0.2) is 46.4 Å². The van der Waals surface area contributed by atoms with Gasteiger partial charge in [-0.05, 0) is 50.8 Å². The lowest BCUT2D eigenvalue weighted by Gasteiger charge is -2.35. The van der Waals surface area contributed by atoms with E-state index in [1.165, 1.54) is 5.69 Å². The van der Waals surface area contributed by atoms with Gasteiger partial charge in [-0.3, -0.25) is 9.48 Å². The van der Waals surface area contributed by atoms with E-state index in [2.05, 4.69) is 22.8 Å². The second-order valence-electron chi connectivity index (χ2n) is 7.24. The van der Waals surface area contributed by atoms with Crippen LogP contribution in [0.15, 0.2) is 30.3 Å². The van der Waals surface area contributed by atoms with Gasteiger partial charge < -0.3 is 14.4 Å². The summed E-state index contributed by atoms with van der Waals surface area (Å²) >= 11 is 0. The SMILES string of the molecule is Cc1cc(C)n(CC2CCN(C(=O)C3COc4ccccc4O3)CC2)n1. The molecule has 0 N–H and O–H groups in total. The first-order chi connectivity index (χ1) is 12.6. The van der Waals surface area contributed by atoms with Crippen LogP contribution in [0.2, 0.25) is 0 Å². The van der Waals surface area contributed by atoms with Gasteiger partial charge in [0.25, 0.3) is 5.91 Å². The first kappa shape index (κ1) is 16.9. The minimum absolute atomic E-state index is 0.0315. The van der Waals surface area contributed by atoms with Crippen LogP contribution in [0.25, 0.3) is 0 Å². The molecule has 1 aromatic carbocycles. The third kappa shape index (κ3) is 3.41. The molecule has 2 aliphatic heterocycles. The average Bonchev–Trinajstić information content (AvgIpc) is 2.98. The molecule has 0 aliphatic carbocycles. The van der Waals surface area contributed by atoms with Crippen molar-refractivity contribution in [2.45, 2.75) is 39.3 Å². The number of piperidine rings is 1. The highest BCUT2D eigenvalue weighted by Crippen LogP contribution is 2.31. The van der Waals surface area contributed by atoms with Gasteiger partial charge >= 0.3 is 0 Å². The average molecular weight is 355 g/mol. The van der Waals surface area contributed by atoms with E-state index in [4.69, 9.17) is 9.47 Å². The standard InChI is InChI=1S/C20H25N3O3/c1-14-11-15(2)23(21-14)12-16-7-9-22(10-8-16)20(24)19-13-25-17-5-3-4-6-18(17)26-19/h3-6,11,16,19H,7-10,12-13H2,1-2H3. The fourth-order valence-electron chi connectivity index (χ4n) is 3.79. The van der Waals surface area contributed by atoms with Crippen molar-refractivity contribution in [3.8, 4) is 11.5 Å². The quantitative estimate of drug-likeness (QED) is 0.849. The fraction of sp³-hybridized carbons (Fsp3) is 0.500. The van der Waals surface area contributed by atoms with Gasteiger partial charge in [-0.25, -0.2) is 0 Å². The number of ether oxygens (including phenoxy) is 2. The molecule has 1 atom stereocenters. The summed E-state index contributed by atoms with van der Waals surface area (Å²) in [5.74, 6) is 1.95. The fourth-order valence-corrected chi connectivity index (χ4v) is 3.79. The molecule has 138 valence electrons. The number of carbonyl (C=O) groups excluding carboxylic acids is 1. The van der Waals surface area contributed by atoms with Crippen LogP contribution < -0.4 is 9.47 Å². The van der Waals surface area contributed by atoms with Crippen molar-refractivity contribution in [2.75, 3.05) is 19.7 Å². The van der Waals surface area contributed by atoms with Crippen LogP contribution in [-0.2, 0) is 11.3 Å². The number of hydrogen-bond acceptors (Lipinski definition) is 4. The van der Waals surface area contributed by atoms with Gasteiger partial charge in [0.05, 0.1) is 5.69 Å². The van der Waals surface area contributed by atoms with Crippen LogP contribution in [0.4, 0.5) is 0 Å². The normalized spacial score (nSPS) is 20.2. The maximum atomic E-state index is 12.8. The Morgan fingerprint density at radius 3 is 2.62 bits per heavy atom. The molecule has 6 nitrogen and oxygen atoms in total. The first-order valence-corrected chi connectivity index (χ1v) is 9.28. The van der Waals surface area contributed by atoms with Crippen LogP contribution >= 0.6 is 0 Å². The molecule has 1 unspecified atom stereocenters. The van der Waals surface area contributed by atoms with Crippen molar-refractivity contribution < 1.29 is 14.3 Å². The summed E-state index contributed by atoms with van der Waals surface area (Å²) in [6.45, 7) is 6.86. The van der Waals surface area contributed by atoms with Gasteiger partial charge in [0.15, 0.2) is 11.5 Å². The molecule has 0 bridgehead atoms. The molecule has 3 heterocycles. The summed E-state index contributed by atoms with van der Waals surface area (Å²) in [4.78, 5) is 14.7. The van der Waals surface area contributed by atoms with E-state index in [1.54, 1.807) is 0 Å². The van der Waals surface area contributed by atoms with E-state index < -0.39 is 6.10 Å². The second kappa shape index (κ2) is 7.02. The highest BCUT2D eigenvalue weighted by Gasteiger charge is 2.33. The maximum absolute atomic E-state index is 12.8. The highest BCUT2D eigenvalue weighted by atomic mass is 16.6. The number of rotatable bonds is 3. The minimum Gasteiger partial charge on any atom is -0.485 e. The highest BCUT2D eigenvalue weighted by molar-refractivity contribution is 5.82. The summed E-state index contributed by atoms with van der Waals surface area (Å²) in [7, 11) is 0. The number of benzene rings is 1. The molecule has 0 radical (unpaired) electrons. The zero-order chi connectivity index (χ0) is 18.1. The van der Waals surface area contributed by atoms with Crippen LogP contribution in [0, 0.1) is 19.8 Å². The predicted octanol–water partition coefficient (Wildman–Crippen LogP) is 2.58. The maximum Gasteiger partial charge on any atom is 0.267 e. The Morgan fingerprint density at radius 2 is 1.92 bits per heavy atom. The van der Waals surface area contributed by atoms with Crippen molar-refractivity contribution in [1.82, 2.24) is 14.7 Å². The molecule has 6 heteroatoms. The third-order valence-electron chi connectivity index (χ3n) is 5.24. The van der Waals surface area contributed by atoms with Gasteiger partial charge in [-0.2, -0.15) is 5.10 Å². The zero-order valence-corrected chi connectivity index (χ0v) is 15.4. The van der Waals surface area contributed by atoms with Crippen molar-refractivity contribution in [2.24, 2.45) is 5.92 Å². The molecule has 0 saturated carbocycles. The lowest BCUT2D eigenvalue weighted by atomic mass is 9.96. The van der Waals surface area contributed by atoms with E-state index in [-0.39, 0.29) is 12.5 Å². The molecule has 4 rings (SSSR count). The summed E-state index contributed by atoms with van der Waals surface area (Å²) in [5, 5.41) is 4.55. The summed E-state index contributed by atoms with van der Waals surface area (Å²) < 4.78 is 13.6. The van der Waals surface area contributed by atoms with Gasteiger partial charge in [0, 0.05) is 25.3 Å². The molecular weight excluding hydrogens is 330 g/mol. The van der Waals surface area contributed by atoms with Gasteiger partial charge in [-0.1, -0.05) is 12.1 Å². The summed E-state index contributed by atoms with van der Waals surface area (Å²) in [6, 6.07) is 9.60. The zero-order valence-electron chi connectivity index (χ0n) is 15.4. The Hall–Kier alpha value is -2.50. The topological polar surface area (TPSA) is 56.6 Å². The summed E-state index contributed by atoms with van der Waals surface area (Å²) in [6.07, 6.45) is 1.44. The molecule has 26 heavy (non-hydrogen) atoms. The molecule has 2 aliphatic rings. The smallest absolute Gasteiger partial charge is 0.267 e. The number of nitrogens with zero attached hydrogens (tertiary/aromatic N) is 3. The van der Waals surface area contributed by atoms with Crippen LogP contribution in [0.5, 0.6) is 11.5 Å². The lowest BCUT2D eigenvalue weighted by molar-refractivity contribution is -0.142. The molecule has 1 amide bonds.